The van der Waals surface area contributed by atoms with Gasteiger partial charge in [-0.2, -0.15) is 30.9 Å². The number of aromatic nitrogens is 2. The predicted molar refractivity (Wildman–Crippen MR) is 160 cm³/mol. The van der Waals surface area contributed by atoms with E-state index in [0.29, 0.717) is 65.3 Å². The lowest BCUT2D eigenvalue weighted by molar-refractivity contribution is -0.647. The summed E-state index contributed by atoms with van der Waals surface area (Å²) in [5.41, 5.74) is 1.75. The van der Waals surface area contributed by atoms with E-state index in [1.807, 2.05) is 4.57 Å². The van der Waals surface area contributed by atoms with E-state index in [2.05, 4.69) is 0 Å². The highest BCUT2D eigenvalue weighted by molar-refractivity contribution is 7.85. The quantitative estimate of drug-likeness (QED) is 0.288. The van der Waals surface area contributed by atoms with Crippen LogP contribution in [-0.4, -0.2) is 73.0 Å². The molecule has 1 saturated heterocycles. The number of ether oxygens (including phenoxy) is 1. The molecule has 2 aliphatic rings. The maximum atomic E-state index is 13.6. The molecule has 2 aliphatic heterocycles. The van der Waals surface area contributed by atoms with Gasteiger partial charge in [-0.25, -0.2) is 13.3 Å². The number of nitrogens with zero attached hydrogens (tertiary/aromatic N) is 5. The fourth-order valence-electron chi connectivity index (χ4n) is 5.38. The Bertz CT molecular complexity index is 1780. The molecule has 11 nitrogen and oxygen atoms in total. The number of hydrogen-bond acceptors (Lipinski definition) is 8. The van der Waals surface area contributed by atoms with Crippen molar-refractivity contribution in [2.45, 2.75) is 24.5 Å². The molecule has 44 heavy (non-hydrogen) atoms. The lowest BCUT2D eigenvalue weighted by Gasteiger charge is -2.24. The Morgan fingerprint density at radius 2 is 1.77 bits per heavy atom. The number of fused-ring (bicyclic) bond motifs is 2. The van der Waals surface area contributed by atoms with Gasteiger partial charge in [0.1, 0.15) is 18.1 Å². The molecule has 0 aliphatic carbocycles. The zero-order chi connectivity index (χ0) is 32.0. The molecule has 0 amide bonds. The number of imidazole rings is 1. The zero-order valence-corrected chi connectivity index (χ0v) is 26.2. The molecule has 0 spiro atoms. The second-order valence-electron chi connectivity index (χ2n) is 10.5. The summed E-state index contributed by atoms with van der Waals surface area (Å²) >= 11 is -1.84. The van der Waals surface area contributed by atoms with Gasteiger partial charge in [0, 0.05) is 39.3 Å². The van der Waals surface area contributed by atoms with Gasteiger partial charge >= 0.3 is 6.18 Å². The summed E-state index contributed by atoms with van der Waals surface area (Å²) in [6, 6.07) is 7.72. The number of allylic oxidation sites excluding steroid dienone is 2. The smallest absolute Gasteiger partial charge is 0.379 e. The van der Waals surface area contributed by atoms with Crippen molar-refractivity contribution in [3.63, 3.8) is 0 Å². The van der Waals surface area contributed by atoms with Gasteiger partial charge in [-0.15, -0.1) is 0 Å². The van der Waals surface area contributed by atoms with Gasteiger partial charge in [0.05, 0.1) is 42.1 Å². The number of aryl methyl sites for hydroxylation is 3. The maximum absolute atomic E-state index is 13.6. The van der Waals surface area contributed by atoms with Crippen LogP contribution in [0.3, 0.4) is 0 Å². The second-order valence-corrected chi connectivity index (χ2v) is 13.2. The van der Waals surface area contributed by atoms with Crippen LogP contribution in [-0.2, 0) is 50.0 Å². The fraction of sp³-hybridized carbons (Fsp3) is 0.393. The van der Waals surface area contributed by atoms with Gasteiger partial charge in [0.25, 0.3) is 15.9 Å². The van der Waals surface area contributed by atoms with Gasteiger partial charge in [-0.1, -0.05) is 6.08 Å². The van der Waals surface area contributed by atoms with Crippen molar-refractivity contribution < 1.29 is 43.9 Å². The van der Waals surface area contributed by atoms with E-state index in [1.54, 1.807) is 77.0 Å². The molecule has 3 aromatic rings. The predicted octanol–water partition coefficient (Wildman–Crippen LogP) is 3.41. The molecule has 1 fully saturated rings. The van der Waals surface area contributed by atoms with E-state index in [9.17, 15) is 30.4 Å². The Kier molecular flexibility index (Phi) is 8.94. The van der Waals surface area contributed by atoms with Crippen molar-refractivity contribution in [2.75, 3.05) is 56.0 Å². The van der Waals surface area contributed by atoms with Crippen LogP contribution in [0.2, 0.25) is 0 Å². The Hall–Kier alpha value is -3.28. The maximum Gasteiger partial charge on any atom is 0.416 e. The van der Waals surface area contributed by atoms with Crippen molar-refractivity contribution >= 4 is 49.7 Å². The van der Waals surface area contributed by atoms with Crippen LogP contribution in [0.25, 0.3) is 17.1 Å². The molecule has 1 unspecified atom stereocenters. The van der Waals surface area contributed by atoms with Crippen molar-refractivity contribution in [3.8, 4) is 0 Å². The lowest BCUT2D eigenvalue weighted by Crippen LogP contribution is -2.36. The molecular formula is C28H33F3N5O6S2+. The first kappa shape index (κ1) is 32.1. The van der Waals surface area contributed by atoms with Crippen molar-refractivity contribution in [2.24, 2.45) is 7.05 Å². The van der Waals surface area contributed by atoms with Crippen LogP contribution in [0.15, 0.2) is 53.2 Å². The number of alkyl halides is 3. The number of anilines is 2. The largest absolute Gasteiger partial charge is 0.416 e. The number of hydroxylamine groups is 2. The Morgan fingerprint density at radius 3 is 2.41 bits per heavy atom. The Labute approximate surface area is 255 Å². The third kappa shape index (κ3) is 6.55. The average Bonchev–Trinajstić information content (AvgIpc) is 3.35. The van der Waals surface area contributed by atoms with Crippen molar-refractivity contribution in [3.05, 3.63) is 65.3 Å². The highest BCUT2D eigenvalue weighted by Crippen LogP contribution is 2.44. The SMILES string of the molecule is Cc1cc2c(cc1C(F)(F)F)N(C)C(=CC=Cc1n(CCS(=O)(=O)O)c3cc(S(=O)ON4CCOCC4)ccc3[n+]1C)N2C. The molecule has 5 rings (SSSR count). The number of hydrogen-bond donors (Lipinski definition) is 1. The van der Waals surface area contributed by atoms with E-state index in [-0.39, 0.29) is 12.1 Å². The lowest BCUT2D eigenvalue weighted by atomic mass is 10.1. The molecule has 238 valence electrons. The molecule has 2 aromatic carbocycles. The van der Waals surface area contributed by atoms with Crippen molar-refractivity contribution in [1.29, 1.82) is 0 Å². The summed E-state index contributed by atoms with van der Waals surface area (Å²) in [5.74, 6) is 0.627. The molecule has 1 atom stereocenters. The third-order valence-corrected chi connectivity index (χ3v) is 9.34. The molecule has 0 saturated carbocycles. The first-order valence-corrected chi connectivity index (χ1v) is 16.3. The van der Waals surface area contributed by atoms with Crippen LogP contribution < -0.4 is 14.4 Å². The molecule has 0 radical (unpaired) electrons. The first-order chi connectivity index (χ1) is 20.7. The minimum absolute atomic E-state index is 0.0996. The Morgan fingerprint density at radius 1 is 1.11 bits per heavy atom. The first-order valence-electron chi connectivity index (χ1n) is 13.6. The van der Waals surface area contributed by atoms with Gasteiger partial charge in [0.15, 0.2) is 11.0 Å². The minimum Gasteiger partial charge on any atom is -0.379 e. The van der Waals surface area contributed by atoms with Crippen LogP contribution in [0.1, 0.15) is 17.0 Å². The highest BCUT2D eigenvalue weighted by Gasteiger charge is 2.36. The van der Waals surface area contributed by atoms with Crippen LogP contribution in [0.4, 0.5) is 24.5 Å². The number of morpholine rings is 1. The summed E-state index contributed by atoms with van der Waals surface area (Å²) in [6.45, 7) is 3.19. The van der Waals surface area contributed by atoms with Gasteiger partial charge in [-0.05, 0) is 42.8 Å². The van der Waals surface area contributed by atoms with Gasteiger partial charge in [-0.3, -0.25) is 4.55 Å². The molecular weight excluding hydrogens is 623 g/mol. The topological polar surface area (TPSA) is 108 Å². The normalized spacial score (nSPS) is 18.2. The molecule has 3 heterocycles. The molecule has 0 bridgehead atoms. The molecule has 1 N–H and O–H groups in total. The monoisotopic (exact) mass is 656 g/mol. The van der Waals surface area contributed by atoms with Crippen molar-refractivity contribution in [1.82, 2.24) is 9.63 Å². The van der Waals surface area contributed by atoms with E-state index in [0.717, 1.165) is 6.07 Å². The Balaban J connectivity index is 1.49. The summed E-state index contributed by atoms with van der Waals surface area (Å²) in [5, 5.41) is 1.57. The minimum atomic E-state index is -4.48. The highest BCUT2D eigenvalue weighted by atomic mass is 32.2. The van der Waals surface area contributed by atoms with Crippen LogP contribution >= 0.6 is 0 Å². The molecule has 16 heteroatoms. The van der Waals surface area contributed by atoms with Gasteiger partial charge in [0.2, 0.25) is 11.1 Å². The third-order valence-electron chi connectivity index (χ3n) is 7.66. The van der Waals surface area contributed by atoms with E-state index < -0.39 is 38.7 Å². The number of rotatable bonds is 8. The molecule has 1 aromatic heterocycles. The second kappa shape index (κ2) is 12.3. The summed E-state index contributed by atoms with van der Waals surface area (Å²) in [4.78, 5) is 3.82. The number of benzene rings is 2. The van der Waals surface area contributed by atoms with Crippen LogP contribution in [0.5, 0.6) is 0 Å². The van der Waals surface area contributed by atoms with E-state index in [1.165, 1.54) is 13.0 Å². The average molecular weight is 657 g/mol. The van der Waals surface area contributed by atoms with E-state index >= 15 is 0 Å². The fourth-order valence-corrected chi connectivity index (χ4v) is 6.60. The standard InChI is InChI=1S/C28H32F3N5O6S2/c1-19-16-23-24(18-21(19)28(29,30)31)34(4)26(33(23)3)6-5-7-27-32(2)22-9-8-20(43(37)42-35-10-13-41-14-11-35)17-25(22)36(27)12-15-44(38,39)40/h5-9,16-18H,10-15H2,1-4H3/p+1. The summed E-state index contributed by atoms with van der Waals surface area (Å²) in [7, 11) is 0.924. The van der Waals surface area contributed by atoms with Crippen LogP contribution in [0, 0.1) is 6.92 Å². The van der Waals surface area contributed by atoms with E-state index in [4.69, 9.17) is 9.02 Å². The van der Waals surface area contributed by atoms with Gasteiger partial charge < -0.3 is 14.5 Å². The summed E-state index contributed by atoms with van der Waals surface area (Å²) in [6.07, 6.45) is 0.708. The zero-order valence-electron chi connectivity index (χ0n) is 24.5. The number of halogens is 3. The summed E-state index contributed by atoms with van der Waals surface area (Å²) < 4.78 is 101.